The molecule has 0 bridgehead atoms. The predicted molar refractivity (Wildman–Crippen MR) is 234 cm³/mol. The molecule has 0 radical (unpaired) electrons. The maximum atomic E-state index is 6.10. The van der Waals surface area contributed by atoms with Crippen LogP contribution in [0.2, 0.25) is 0 Å². The zero-order valence-electron chi connectivity index (χ0n) is 36.2. The van der Waals surface area contributed by atoms with E-state index in [1.165, 1.54) is 63.3 Å². The molecule has 0 spiro atoms. The van der Waals surface area contributed by atoms with Gasteiger partial charge in [0, 0.05) is 41.9 Å². The number of aryl methyl sites for hydroxylation is 1. The lowest BCUT2D eigenvalue weighted by Gasteiger charge is -2.27. The number of hydrogen-bond acceptors (Lipinski definition) is 6. The minimum absolute atomic E-state index is 0.384. The molecule has 3 aliphatic heterocycles. The van der Waals surface area contributed by atoms with E-state index in [2.05, 4.69) is 171 Å². The highest BCUT2D eigenvalue weighted by Gasteiger charge is 2.21. The first-order valence-electron chi connectivity index (χ1n) is 21.0. The van der Waals surface area contributed by atoms with Crippen molar-refractivity contribution in [2.45, 2.75) is 116 Å². The van der Waals surface area contributed by atoms with Gasteiger partial charge >= 0.3 is 0 Å². The standard InChI is InChI=1S/C17H25N.C16H24N2O.C16H23NO/c1-12(2)16-15-10-6-5-8-14(15)9-7-11-18-17(16)13(3)4;1-11(2)15-16(12(3)4)19-9-13-7-5-6-8-14(13)17-10-18-15;1-11(2)15-16(12(3)4)18-10-14-8-6-5-7-13(14)9-17-15/h5-6,8,10,12-13,18H,7,9,11H2,1-4H3;5-8,11-12,17-18H,9-10H2,1-4H3;5-8,11-12,17H,9-10H2,1-4H3/b17-16-;2*16-15-. The van der Waals surface area contributed by atoms with Gasteiger partial charge in [0.1, 0.15) is 24.7 Å². The van der Waals surface area contributed by atoms with Gasteiger partial charge in [-0.2, -0.15) is 0 Å². The summed E-state index contributed by atoms with van der Waals surface area (Å²) in [6.07, 6.45) is 2.41. The summed E-state index contributed by atoms with van der Waals surface area (Å²) in [7, 11) is 0. The van der Waals surface area contributed by atoms with E-state index >= 15 is 0 Å². The minimum Gasteiger partial charge on any atom is -0.491 e. The Hall–Kier alpha value is -4.32. The number of benzene rings is 3. The molecule has 0 saturated carbocycles. The molecule has 0 aromatic heterocycles. The van der Waals surface area contributed by atoms with Gasteiger partial charge in [0.25, 0.3) is 0 Å². The Bertz CT molecular complexity index is 1720. The van der Waals surface area contributed by atoms with Crippen LogP contribution in [-0.2, 0) is 35.7 Å². The van der Waals surface area contributed by atoms with E-state index in [0.29, 0.717) is 48.7 Å². The van der Waals surface area contributed by atoms with Gasteiger partial charge < -0.3 is 30.7 Å². The van der Waals surface area contributed by atoms with Crippen LogP contribution in [0, 0.1) is 35.5 Å². The number of para-hydroxylation sites is 1. The number of rotatable bonds is 6. The topological polar surface area (TPSA) is 66.6 Å². The van der Waals surface area contributed by atoms with Crippen LogP contribution in [0.5, 0.6) is 0 Å². The molecule has 0 amide bonds. The molecule has 4 N–H and O–H groups in total. The monoisotopic (exact) mass is 749 g/mol. The largest absolute Gasteiger partial charge is 0.491 e. The van der Waals surface area contributed by atoms with Crippen molar-refractivity contribution in [3.63, 3.8) is 0 Å². The normalized spacial score (nSPS) is 20.0. The van der Waals surface area contributed by atoms with Crippen molar-refractivity contribution in [2.75, 3.05) is 18.5 Å². The second kappa shape index (κ2) is 21.1. The third-order valence-electron chi connectivity index (χ3n) is 10.4. The number of ether oxygens (including phenoxy) is 2. The molecule has 0 fully saturated rings. The third kappa shape index (κ3) is 12.1. The van der Waals surface area contributed by atoms with Crippen LogP contribution in [0.1, 0.15) is 117 Å². The molecule has 0 unspecified atom stereocenters. The molecular weight excluding hydrogens is 677 g/mol. The van der Waals surface area contributed by atoms with Crippen LogP contribution in [0.15, 0.2) is 101 Å². The SMILES string of the molecule is CC(C)/C1=C(\C(C)C)OCc2ccccc2CN1.CC(C)/C1=C(\C(C)C)OCc2ccccc2NCN1.CC(C)/C1=C(\C(C)C)c2ccccc2CCCN1. The van der Waals surface area contributed by atoms with Crippen LogP contribution < -0.4 is 21.3 Å². The summed E-state index contributed by atoms with van der Waals surface area (Å²) >= 11 is 0. The minimum atomic E-state index is 0.384. The lowest BCUT2D eigenvalue weighted by molar-refractivity contribution is 0.159. The van der Waals surface area contributed by atoms with Gasteiger partial charge in [-0.25, -0.2) is 0 Å². The molecule has 3 aromatic rings. The highest BCUT2D eigenvalue weighted by molar-refractivity contribution is 5.72. The molecule has 6 rings (SSSR count). The summed E-state index contributed by atoms with van der Waals surface area (Å²) in [4.78, 5) is 0. The number of hydrogen-bond donors (Lipinski definition) is 4. The van der Waals surface area contributed by atoms with Gasteiger partial charge in [-0.05, 0) is 70.4 Å². The molecule has 300 valence electrons. The smallest absolute Gasteiger partial charge is 0.118 e. The van der Waals surface area contributed by atoms with E-state index < -0.39 is 0 Å². The number of anilines is 1. The average molecular weight is 749 g/mol. The molecule has 55 heavy (non-hydrogen) atoms. The summed E-state index contributed by atoms with van der Waals surface area (Å²) in [5, 5.41) is 14.1. The molecule has 0 aliphatic carbocycles. The average Bonchev–Trinajstić information content (AvgIpc) is 3.21. The van der Waals surface area contributed by atoms with Crippen molar-refractivity contribution in [1.29, 1.82) is 0 Å². The van der Waals surface area contributed by atoms with Gasteiger partial charge in [-0.3, -0.25) is 0 Å². The maximum absolute atomic E-state index is 6.10. The fraction of sp³-hybridized carbons (Fsp3) is 0.510. The van der Waals surface area contributed by atoms with Gasteiger partial charge in [0.05, 0.1) is 18.1 Å². The van der Waals surface area contributed by atoms with Gasteiger partial charge in [-0.15, -0.1) is 0 Å². The van der Waals surface area contributed by atoms with E-state index in [1.54, 1.807) is 0 Å². The van der Waals surface area contributed by atoms with Crippen molar-refractivity contribution >= 4 is 11.3 Å². The van der Waals surface area contributed by atoms with Crippen molar-refractivity contribution in [2.24, 2.45) is 35.5 Å². The zero-order valence-corrected chi connectivity index (χ0v) is 36.2. The predicted octanol–water partition coefficient (Wildman–Crippen LogP) is 11.8. The molecule has 3 aromatic carbocycles. The summed E-state index contributed by atoms with van der Waals surface area (Å²) < 4.78 is 12.2. The first-order valence-corrected chi connectivity index (χ1v) is 21.0. The number of fused-ring (bicyclic) bond motifs is 3. The fourth-order valence-corrected chi connectivity index (χ4v) is 7.57. The first kappa shape index (κ1) is 43.4. The second-order valence-corrected chi connectivity index (χ2v) is 16.9. The lowest BCUT2D eigenvalue weighted by atomic mass is 9.85. The van der Waals surface area contributed by atoms with Crippen LogP contribution >= 0.6 is 0 Å². The Morgan fingerprint density at radius 1 is 0.455 bits per heavy atom. The van der Waals surface area contributed by atoms with Gasteiger partial charge in [0.15, 0.2) is 0 Å². The lowest BCUT2D eigenvalue weighted by Crippen LogP contribution is -2.26. The number of allylic oxidation sites excluding steroid dienone is 6. The van der Waals surface area contributed by atoms with E-state index in [9.17, 15) is 0 Å². The summed E-state index contributed by atoms with van der Waals surface area (Å²) in [5.74, 6) is 5.01. The van der Waals surface area contributed by atoms with Crippen molar-refractivity contribution < 1.29 is 9.47 Å². The maximum Gasteiger partial charge on any atom is 0.118 e. The van der Waals surface area contributed by atoms with Gasteiger partial charge in [-0.1, -0.05) is 150 Å². The summed E-state index contributed by atoms with van der Waals surface area (Å²) in [6, 6.07) is 25.7. The molecule has 6 heteroatoms. The Labute approximate surface area is 334 Å². The molecule has 6 nitrogen and oxygen atoms in total. The Balaban J connectivity index is 0.000000184. The van der Waals surface area contributed by atoms with E-state index in [-0.39, 0.29) is 0 Å². The van der Waals surface area contributed by atoms with E-state index in [4.69, 9.17) is 9.47 Å². The van der Waals surface area contributed by atoms with Crippen LogP contribution in [0.25, 0.3) is 5.57 Å². The van der Waals surface area contributed by atoms with E-state index in [1.807, 2.05) is 6.07 Å². The quantitative estimate of drug-likeness (QED) is 0.201. The third-order valence-corrected chi connectivity index (χ3v) is 10.4. The fourth-order valence-electron chi connectivity index (χ4n) is 7.57. The Kier molecular flexibility index (Phi) is 16.7. The van der Waals surface area contributed by atoms with Crippen LogP contribution in [0.3, 0.4) is 0 Å². The summed E-state index contributed by atoms with van der Waals surface area (Å²) in [5.41, 5.74) is 13.3. The number of nitrogens with one attached hydrogen (secondary N) is 4. The molecular formula is C49H72N4O2. The Morgan fingerprint density at radius 2 is 0.964 bits per heavy atom. The van der Waals surface area contributed by atoms with Crippen LogP contribution in [-0.4, -0.2) is 13.2 Å². The first-order chi connectivity index (χ1) is 26.3. The summed E-state index contributed by atoms with van der Waals surface area (Å²) in [6.45, 7) is 30.7. The molecule has 0 saturated heterocycles. The highest BCUT2D eigenvalue weighted by Crippen LogP contribution is 2.33. The second-order valence-electron chi connectivity index (χ2n) is 16.9. The molecule has 0 atom stereocenters. The Morgan fingerprint density at radius 3 is 1.55 bits per heavy atom. The molecule has 3 aliphatic rings. The van der Waals surface area contributed by atoms with Crippen molar-refractivity contribution in [1.82, 2.24) is 16.0 Å². The molecule has 3 heterocycles. The van der Waals surface area contributed by atoms with Crippen molar-refractivity contribution in [3.8, 4) is 0 Å². The zero-order chi connectivity index (χ0) is 40.1. The van der Waals surface area contributed by atoms with Crippen LogP contribution in [0.4, 0.5) is 5.69 Å². The van der Waals surface area contributed by atoms with Gasteiger partial charge in [0.2, 0.25) is 0 Å². The van der Waals surface area contributed by atoms with Crippen molar-refractivity contribution in [3.05, 3.63) is 129 Å². The van der Waals surface area contributed by atoms with E-state index in [0.717, 1.165) is 37.0 Å². The highest BCUT2D eigenvalue weighted by atomic mass is 16.5.